The molecule has 1 aliphatic rings. The van der Waals surface area contributed by atoms with Crippen LogP contribution in [0.5, 0.6) is 0 Å². The number of amidine groups is 1. The Balaban J connectivity index is 1.57. The molecule has 0 atom stereocenters. The van der Waals surface area contributed by atoms with E-state index in [0.29, 0.717) is 16.5 Å². The summed E-state index contributed by atoms with van der Waals surface area (Å²) in [5, 5.41) is 21.3. The highest BCUT2D eigenvalue weighted by atomic mass is 32.2. The van der Waals surface area contributed by atoms with Crippen LogP contribution >= 0.6 is 11.8 Å². The van der Waals surface area contributed by atoms with Crippen molar-refractivity contribution in [2.75, 3.05) is 11.1 Å². The quantitative estimate of drug-likeness (QED) is 0.661. The van der Waals surface area contributed by atoms with Crippen LogP contribution in [-0.2, 0) is 0 Å². The molecule has 7 nitrogen and oxygen atoms in total. The minimum Gasteiger partial charge on any atom is -0.333 e. The van der Waals surface area contributed by atoms with Gasteiger partial charge in [-0.15, -0.1) is 5.10 Å². The molecule has 0 unspecified atom stereocenters. The van der Waals surface area contributed by atoms with Gasteiger partial charge in [-0.2, -0.15) is 10.4 Å². The van der Waals surface area contributed by atoms with E-state index < -0.39 is 0 Å². The van der Waals surface area contributed by atoms with Crippen LogP contribution in [0.3, 0.4) is 0 Å². The molecule has 2 heterocycles. The van der Waals surface area contributed by atoms with Crippen molar-refractivity contribution >= 4 is 39.4 Å². The lowest BCUT2D eigenvalue weighted by Crippen LogP contribution is -2.16. The lowest BCUT2D eigenvalue weighted by molar-refractivity contribution is 1.21. The van der Waals surface area contributed by atoms with E-state index in [9.17, 15) is 4.79 Å². The number of anilines is 1. The monoisotopic (exact) mass is 348 g/mol. The van der Waals surface area contributed by atoms with Crippen LogP contribution in [0.1, 0.15) is 11.1 Å². The summed E-state index contributed by atoms with van der Waals surface area (Å²) >= 11 is 1.53. The molecule has 8 heteroatoms. The molecule has 1 aliphatic heterocycles. The first-order valence-electron chi connectivity index (χ1n) is 7.48. The highest BCUT2D eigenvalue weighted by molar-refractivity contribution is 8.14. The van der Waals surface area contributed by atoms with Crippen molar-refractivity contribution in [3.05, 3.63) is 64.1 Å². The normalized spacial score (nSPS) is 13.9. The van der Waals surface area contributed by atoms with Crippen molar-refractivity contribution in [1.29, 1.82) is 5.26 Å². The van der Waals surface area contributed by atoms with E-state index in [-0.39, 0.29) is 5.69 Å². The molecule has 0 radical (unpaired) electrons. The molecule has 122 valence electrons. The van der Waals surface area contributed by atoms with Gasteiger partial charge < -0.3 is 15.3 Å². The average Bonchev–Trinajstić information content (AvgIpc) is 3.01. The van der Waals surface area contributed by atoms with Crippen LogP contribution in [0.4, 0.5) is 5.69 Å². The number of nitriles is 1. The van der Waals surface area contributed by atoms with Crippen molar-refractivity contribution in [2.45, 2.75) is 0 Å². The lowest BCUT2D eigenvalue weighted by atomic mass is 10.1. The van der Waals surface area contributed by atoms with Gasteiger partial charge in [0.25, 0.3) is 0 Å². The zero-order valence-corrected chi connectivity index (χ0v) is 13.7. The minimum atomic E-state index is -0.226. The Kier molecular flexibility index (Phi) is 3.84. The van der Waals surface area contributed by atoms with E-state index in [1.165, 1.54) is 11.8 Å². The average molecular weight is 348 g/mol. The SMILES string of the molecule is N#Cc1cccc(NC2=NN=C(c3ccc4[nH]c(=O)[nH]c4c3)CS2)c1. The van der Waals surface area contributed by atoms with Gasteiger partial charge in [0.2, 0.25) is 0 Å². The molecular formula is C17H12N6OS. The number of fused-ring (bicyclic) bond motifs is 1. The van der Waals surface area contributed by atoms with Crippen molar-refractivity contribution in [3.8, 4) is 6.07 Å². The Bertz CT molecular complexity index is 1120. The maximum Gasteiger partial charge on any atom is 0.323 e. The number of imidazole rings is 1. The standard InChI is InChI=1S/C17H12N6OS/c18-8-10-2-1-3-12(6-10)19-17-23-22-15(9-25-17)11-4-5-13-14(7-11)21-16(24)20-13/h1-7H,9H2,(H,19,23)(H2,20,21,24). The molecule has 3 N–H and O–H groups in total. The Hall–Kier alpha value is -3.31. The van der Waals surface area contributed by atoms with Crippen LogP contribution in [-0.4, -0.2) is 26.6 Å². The zero-order chi connectivity index (χ0) is 17.2. The van der Waals surface area contributed by atoms with Gasteiger partial charge in [-0.1, -0.05) is 23.9 Å². The first kappa shape index (κ1) is 15.2. The summed E-state index contributed by atoms with van der Waals surface area (Å²) in [5.41, 5.74) is 4.43. The summed E-state index contributed by atoms with van der Waals surface area (Å²) in [6.45, 7) is 0. The van der Waals surface area contributed by atoms with Gasteiger partial charge in [-0.3, -0.25) is 0 Å². The van der Waals surface area contributed by atoms with Gasteiger partial charge in [0.1, 0.15) is 0 Å². The molecule has 25 heavy (non-hydrogen) atoms. The largest absolute Gasteiger partial charge is 0.333 e. The van der Waals surface area contributed by atoms with Gasteiger partial charge in [0.15, 0.2) is 5.17 Å². The number of hydrogen-bond acceptors (Lipinski definition) is 6. The van der Waals surface area contributed by atoms with E-state index in [2.05, 4.69) is 31.6 Å². The number of aromatic amines is 2. The highest BCUT2D eigenvalue weighted by Gasteiger charge is 2.14. The van der Waals surface area contributed by atoms with E-state index in [1.807, 2.05) is 30.3 Å². The molecule has 0 amide bonds. The van der Waals surface area contributed by atoms with Crippen LogP contribution in [0.15, 0.2) is 57.5 Å². The molecule has 1 aromatic heterocycles. The Labute approximate surface area is 146 Å². The second-order valence-corrected chi connectivity index (χ2v) is 6.36. The van der Waals surface area contributed by atoms with Gasteiger partial charge in [0, 0.05) is 17.0 Å². The molecule has 4 rings (SSSR count). The number of benzene rings is 2. The molecule has 2 aromatic carbocycles. The van der Waals surface area contributed by atoms with E-state index in [4.69, 9.17) is 5.26 Å². The van der Waals surface area contributed by atoms with Crippen molar-refractivity contribution in [2.24, 2.45) is 10.2 Å². The Morgan fingerprint density at radius 2 is 2.00 bits per heavy atom. The fraction of sp³-hybridized carbons (Fsp3) is 0.0588. The summed E-state index contributed by atoms with van der Waals surface area (Å²) in [4.78, 5) is 16.8. The van der Waals surface area contributed by atoms with E-state index in [0.717, 1.165) is 28.0 Å². The van der Waals surface area contributed by atoms with Gasteiger partial charge in [0.05, 0.1) is 28.4 Å². The predicted molar refractivity (Wildman–Crippen MR) is 100 cm³/mol. The number of nitrogens with zero attached hydrogens (tertiary/aromatic N) is 3. The topological polar surface area (TPSA) is 109 Å². The molecule has 0 saturated carbocycles. The third-order valence-corrected chi connectivity index (χ3v) is 4.57. The molecular weight excluding hydrogens is 336 g/mol. The van der Waals surface area contributed by atoms with Crippen molar-refractivity contribution in [3.63, 3.8) is 0 Å². The van der Waals surface area contributed by atoms with Crippen LogP contribution < -0.4 is 11.0 Å². The number of thioether (sulfide) groups is 1. The second-order valence-electron chi connectivity index (χ2n) is 5.40. The first-order chi connectivity index (χ1) is 12.2. The fourth-order valence-electron chi connectivity index (χ4n) is 2.50. The van der Waals surface area contributed by atoms with E-state index >= 15 is 0 Å². The van der Waals surface area contributed by atoms with Gasteiger partial charge in [-0.25, -0.2) is 4.79 Å². The fourth-order valence-corrected chi connectivity index (χ4v) is 3.29. The smallest absolute Gasteiger partial charge is 0.323 e. The molecule has 0 aliphatic carbocycles. The lowest BCUT2D eigenvalue weighted by Gasteiger charge is -2.13. The summed E-state index contributed by atoms with van der Waals surface area (Å²) in [5.74, 6) is 0.657. The number of H-pyrrole nitrogens is 2. The van der Waals surface area contributed by atoms with E-state index in [1.54, 1.807) is 12.1 Å². The van der Waals surface area contributed by atoms with Crippen LogP contribution in [0.25, 0.3) is 11.0 Å². The van der Waals surface area contributed by atoms with Crippen LogP contribution in [0.2, 0.25) is 0 Å². The maximum absolute atomic E-state index is 11.3. The number of hydrogen-bond donors (Lipinski definition) is 3. The summed E-state index contributed by atoms with van der Waals surface area (Å²) in [6.07, 6.45) is 0. The first-order valence-corrected chi connectivity index (χ1v) is 8.47. The summed E-state index contributed by atoms with van der Waals surface area (Å²) in [6, 6.07) is 15.0. The highest BCUT2D eigenvalue weighted by Crippen LogP contribution is 2.20. The third kappa shape index (κ3) is 3.18. The summed E-state index contributed by atoms with van der Waals surface area (Å²) < 4.78 is 0. The molecule has 3 aromatic rings. The predicted octanol–water partition coefficient (Wildman–Crippen LogP) is 2.65. The Morgan fingerprint density at radius 1 is 1.12 bits per heavy atom. The van der Waals surface area contributed by atoms with Gasteiger partial charge >= 0.3 is 5.69 Å². The van der Waals surface area contributed by atoms with Crippen molar-refractivity contribution < 1.29 is 0 Å². The third-order valence-electron chi connectivity index (χ3n) is 3.70. The molecule has 0 fully saturated rings. The second kappa shape index (κ2) is 6.30. The number of aromatic nitrogens is 2. The zero-order valence-electron chi connectivity index (χ0n) is 12.9. The molecule has 0 saturated heterocycles. The van der Waals surface area contributed by atoms with Gasteiger partial charge in [-0.05, 0) is 30.3 Å². The minimum absolute atomic E-state index is 0.226. The number of rotatable bonds is 2. The van der Waals surface area contributed by atoms with Crippen molar-refractivity contribution in [1.82, 2.24) is 9.97 Å². The van der Waals surface area contributed by atoms with Crippen LogP contribution in [0, 0.1) is 11.3 Å². The molecule has 0 spiro atoms. The maximum atomic E-state index is 11.3. The number of nitrogens with one attached hydrogen (secondary N) is 3. The summed E-state index contributed by atoms with van der Waals surface area (Å²) in [7, 11) is 0. The Morgan fingerprint density at radius 3 is 2.80 bits per heavy atom. The molecule has 0 bridgehead atoms.